The number of rotatable bonds is 5. The van der Waals surface area contributed by atoms with Gasteiger partial charge in [0, 0.05) is 43.0 Å². The Morgan fingerprint density at radius 1 is 1.07 bits per heavy atom. The first-order valence-corrected chi connectivity index (χ1v) is 9.62. The first-order chi connectivity index (χ1) is 14.1. The molecule has 4 rings (SSSR count). The van der Waals surface area contributed by atoms with E-state index >= 15 is 0 Å². The number of nitrogens with zero attached hydrogens (tertiary/aromatic N) is 2. The molecule has 1 aliphatic heterocycles. The maximum absolute atomic E-state index is 12.6. The molecule has 0 atom stereocenters. The van der Waals surface area contributed by atoms with Crippen molar-refractivity contribution in [2.45, 2.75) is 12.8 Å². The number of benzene rings is 1. The SMILES string of the molecule is O=C(NCC1CCN(C(=O)C(=O)c2cc3ccccc3o2)CC1)c1ccncc1. The highest BCUT2D eigenvalue weighted by Gasteiger charge is 2.29. The summed E-state index contributed by atoms with van der Waals surface area (Å²) < 4.78 is 5.52. The lowest BCUT2D eigenvalue weighted by molar-refractivity contribution is -0.127. The van der Waals surface area contributed by atoms with Gasteiger partial charge in [-0.3, -0.25) is 19.4 Å². The lowest BCUT2D eigenvalue weighted by Gasteiger charge is -2.31. The third kappa shape index (κ3) is 4.18. The zero-order valence-corrected chi connectivity index (χ0v) is 15.8. The van der Waals surface area contributed by atoms with Crippen LogP contribution in [0, 0.1) is 5.92 Å². The number of Topliss-reactive ketones (excluding diaryl/α,β-unsaturated/α-hetero) is 1. The van der Waals surface area contributed by atoms with Gasteiger partial charge in [0.05, 0.1) is 0 Å². The quantitative estimate of drug-likeness (QED) is 0.533. The normalized spacial score (nSPS) is 14.7. The Balaban J connectivity index is 1.29. The third-order valence-corrected chi connectivity index (χ3v) is 5.24. The van der Waals surface area contributed by atoms with Gasteiger partial charge in [-0.15, -0.1) is 0 Å². The van der Waals surface area contributed by atoms with Crippen LogP contribution in [0.3, 0.4) is 0 Å². The zero-order valence-electron chi connectivity index (χ0n) is 15.8. The molecule has 0 spiro atoms. The van der Waals surface area contributed by atoms with Gasteiger partial charge in [-0.25, -0.2) is 0 Å². The second kappa shape index (κ2) is 8.26. The molecule has 0 aliphatic carbocycles. The van der Waals surface area contributed by atoms with Gasteiger partial charge < -0.3 is 14.6 Å². The van der Waals surface area contributed by atoms with Crippen LogP contribution in [0.5, 0.6) is 0 Å². The number of fused-ring (bicyclic) bond motifs is 1. The van der Waals surface area contributed by atoms with E-state index in [-0.39, 0.29) is 17.6 Å². The molecule has 0 bridgehead atoms. The van der Waals surface area contributed by atoms with Crippen molar-refractivity contribution in [3.63, 3.8) is 0 Å². The van der Waals surface area contributed by atoms with Crippen LogP contribution in [0.2, 0.25) is 0 Å². The van der Waals surface area contributed by atoms with Crippen molar-refractivity contribution in [1.82, 2.24) is 15.2 Å². The summed E-state index contributed by atoms with van der Waals surface area (Å²) in [6.45, 7) is 1.52. The monoisotopic (exact) mass is 391 g/mol. The Labute approximate surface area is 167 Å². The average molecular weight is 391 g/mol. The first kappa shape index (κ1) is 18.9. The van der Waals surface area contributed by atoms with Gasteiger partial charge in [-0.1, -0.05) is 18.2 Å². The number of para-hydroxylation sites is 1. The Hall–Kier alpha value is -3.48. The maximum Gasteiger partial charge on any atom is 0.298 e. The number of amides is 2. The van der Waals surface area contributed by atoms with Gasteiger partial charge >= 0.3 is 0 Å². The molecule has 0 saturated carbocycles. The molecule has 29 heavy (non-hydrogen) atoms. The number of carbonyl (C=O) groups excluding carboxylic acids is 3. The van der Waals surface area contributed by atoms with Crippen molar-refractivity contribution < 1.29 is 18.8 Å². The molecule has 1 N–H and O–H groups in total. The fourth-order valence-electron chi connectivity index (χ4n) is 3.53. The van der Waals surface area contributed by atoms with Gasteiger partial charge in [-0.05, 0) is 43.0 Å². The molecule has 1 aromatic carbocycles. The lowest BCUT2D eigenvalue weighted by atomic mass is 9.96. The number of likely N-dealkylation sites (tertiary alicyclic amines) is 1. The van der Waals surface area contributed by atoms with Crippen LogP contribution >= 0.6 is 0 Å². The Kier molecular flexibility index (Phi) is 5.37. The summed E-state index contributed by atoms with van der Waals surface area (Å²) in [6.07, 6.45) is 4.63. The summed E-state index contributed by atoms with van der Waals surface area (Å²) in [5, 5.41) is 3.72. The number of hydrogen-bond acceptors (Lipinski definition) is 5. The van der Waals surface area contributed by atoms with Crippen LogP contribution in [-0.2, 0) is 4.79 Å². The molecule has 1 saturated heterocycles. The van der Waals surface area contributed by atoms with Crippen molar-refractivity contribution in [2.75, 3.05) is 19.6 Å². The fraction of sp³-hybridized carbons (Fsp3) is 0.273. The van der Waals surface area contributed by atoms with Crippen molar-refractivity contribution >= 4 is 28.6 Å². The van der Waals surface area contributed by atoms with Crippen LogP contribution in [0.4, 0.5) is 0 Å². The third-order valence-electron chi connectivity index (χ3n) is 5.24. The van der Waals surface area contributed by atoms with E-state index in [1.54, 1.807) is 41.6 Å². The van der Waals surface area contributed by atoms with Gasteiger partial charge in [0.2, 0.25) is 0 Å². The number of pyridine rings is 1. The summed E-state index contributed by atoms with van der Waals surface area (Å²) in [5.74, 6) is -0.950. The number of furan rings is 1. The molecular weight excluding hydrogens is 370 g/mol. The minimum absolute atomic E-state index is 0.0722. The largest absolute Gasteiger partial charge is 0.452 e. The van der Waals surface area contributed by atoms with E-state index in [9.17, 15) is 14.4 Å². The lowest BCUT2D eigenvalue weighted by Crippen LogP contribution is -2.44. The van der Waals surface area contributed by atoms with Gasteiger partial charge in [0.25, 0.3) is 17.6 Å². The molecule has 1 fully saturated rings. The Morgan fingerprint density at radius 3 is 2.52 bits per heavy atom. The molecule has 1 aliphatic rings. The van der Waals surface area contributed by atoms with E-state index < -0.39 is 11.7 Å². The Bertz CT molecular complexity index is 1000. The van der Waals surface area contributed by atoms with Crippen LogP contribution in [-0.4, -0.2) is 47.1 Å². The summed E-state index contributed by atoms with van der Waals surface area (Å²) in [5.41, 5.74) is 1.16. The van der Waals surface area contributed by atoms with E-state index in [2.05, 4.69) is 10.3 Å². The molecule has 7 heteroatoms. The summed E-state index contributed by atoms with van der Waals surface area (Å²) in [6, 6.07) is 12.2. The molecule has 3 aromatic rings. The van der Waals surface area contributed by atoms with Crippen molar-refractivity contribution in [1.29, 1.82) is 0 Å². The molecule has 0 unspecified atom stereocenters. The smallest absolute Gasteiger partial charge is 0.298 e. The molecule has 0 radical (unpaired) electrons. The highest BCUT2D eigenvalue weighted by atomic mass is 16.3. The van der Waals surface area contributed by atoms with Gasteiger partial charge in [0.15, 0.2) is 5.76 Å². The molecule has 7 nitrogen and oxygen atoms in total. The highest BCUT2D eigenvalue weighted by Crippen LogP contribution is 2.21. The summed E-state index contributed by atoms with van der Waals surface area (Å²) in [7, 11) is 0. The van der Waals surface area contributed by atoms with Crippen molar-refractivity contribution in [2.24, 2.45) is 5.92 Å². The summed E-state index contributed by atoms with van der Waals surface area (Å²) >= 11 is 0. The van der Waals surface area contributed by atoms with Crippen LogP contribution in [0.25, 0.3) is 11.0 Å². The van der Waals surface area contributed by atoms with Crippen LogP contribution in [0.15, 0.2) is 59.3 Å². The molecule has 3 heterocycles. The number of aromatic nitrogens is 1. The van der Waals surface area contributed by atoms with E-state index in [0.29, 0.717) is 30.8 Å². The van der Waals surface area contributed by atoms with Gasteiger partial charge in [-0.2, -0.15) is 0 Å². The predicted molar refractivity (Wildman–Crippen MR) is 106 cm³/mol. The maximum atomic E-state index is 12.6. The molecular formula is C22H21N3O4. The molecule has 2 aromatic heterocycles. The number of nitrogens with one attached hydrogen (secondary N) is 1. The summed E-state index contributed by atoms with van der Waals surface area (Å²) in [4.78, 5) is 42.7. The highest BCUT2D eigenvalue weighted by molar-refractivity contribution is 6.42. The van der Waals surface area contributed by atoms with Crippen molar-refractivity contribution in [3.05, 3.63) is 66.2 Å². The number of hydrogen-bond donors (Lipinski definition) is 1. The second-order valence-corrected chi connectivity index (χ2v) is 7.16. The average Bonchev–Trinajstić information content (AvgIpc) is 3.22. The minimum Gasteiger partial charge on any atom is -0.452 e. The molecule has 148 valence electrons. The van der Waals surface area contributed by atoms with E-state index in [1.165, 1.54) is 0 Å². The fourth-order valence-corrected chi connectivity index (χ4v) is 3.53. The predicted octanol–water partition coefficient (Wildman–Crippen LogP) is 2.68. The van der Waals surface area contributed by atoms with Crippen LogP contribution < -0.4 is 5.32 Å². The number of carbonyl (C=O) groups is 3. The number of piperidine rings is 1. The second-order valence-electron chi connectivity index (χ2n) is 7.16. The molecule has 2 amide bonds. The number of ketones is 1. The minimum atomic E-state index is -0.620. The van der Waals surface area contributed by atoms with Gasteiger partial charge in [0.1, 0.15) is 5.58 Å². The van der Waals surface area contributed by atoms with Crippen LogP contribution in [0.1, 0.15) is 33.8 Å². The first-order valence-electron chi connectivity index (χ1n) is 9.62. The van der Waals surface area contributed by atoms with Crippen molar-refractivity contribution in [3.8, 4) is 0 Å². The Morgan fingerprint density at radius 2 is 1.79 bits per heavy atom. The van der Waals surface area contributed by atoms with E-state index in [0.717, 1.165) is 18.2 Å². The topological polar surface area (TPSA) is 92.5 Å². The van der Waals surface area contributed by atoms with E-state index in [1.807, 2.05) is 18.2 Å². The standard InChI is InChI=1S/C22H21N3O4/c26-20(19-13-17-3-1-2-4-18(17)29-19)22(28)25-11-7-15(8-12-25)14-24-21(27)16-5-9-23-10-6-16/h1-6,9-10,13,15H,7-8,11-12,14H2,(H,24,27). The van der Waals surface area contributed by atoms with E-state index in [4.69, 9.17) is 4.42 Å². The zero-order chi connectivity index (χ0) is 20.2.